The lowest BCUT2D eigenvalue weighted by Crippen LogP contribution is -2.21. The zero-order valence-corrected chi connectivity index (χ0v) is 8.43. The van der Waals surface area contributed by atoms with E-state index >= 15 is 0 Å². The number of aliphatic hydroxyl groups is 1. The zero-order chi connectivity index (χ0) is 10.9. The molecule has 0 aliphatic heterocycles. The standard InChI is InChI=1S/C8H7BrF3NO/c9-5-3-1-2-4(6(5)13)7(14)8(10,11)12/h1-3,7,14H,13H2. The number of hydrogen-bond acceptors (Lipinski definition) is 2. The monoisotopic (exact) mass is 269 g/mol. The van der Waals surface area contributed by atoms with Crippen molar-refractivity contribution in [3.8, 4) is 0 Å². The number of hydrogen-bond donors (Lipinski definition) is 2. The third-order valence-corrected chi connectivity index (χ3v) is 2.38. The van der Waals surface area contributed by atoms with Crippen molar-refractivity contribution >= 4 is 21.6 Å². The Morgan fingerprint density at radius 3 is 2.43 bits per heavy atom. The van der Waals surface area contributed by atoms with Crippen LogP contribution in [0.2, 0.25) is 0 Å². The average Bonchev–Trinajstić information content (AvgIpc) is 2.07. The third kappa shape index (κ3) is 2.19. The highest BCUT2D eigenvalue weighted by Gasteiger charge is 2.40. The van der Waals surface area contributed by atoms with Crippen LogP contribution in [-0.4, -0.2) is 11.3 Å². The Bertz CT molecular complexity index is 340. The second kappa shape index (κ2) is 3.78. The van der Waals surface area contributed by atoms with Crippen molar-refractivity contribution in [2.45, 2.75) is 12.3 Å². The van der Waals surface area contributed by atoms with E-state index in [1.165, 1.54) is 12.1 Å². The van der Waals surface area contributed by atoms with E-state index in [1.807, 2.05) is 0 Å². The number of rotatable bonds is 1. The molecule has 0 bridgehead atoms. The van der Waals surface area contributed by atoms with Gasteiger partial charge < -0.3 is 10.8 Å². The summed E-state index contributed by atoms with van der Waals surface area (Å²) in [6.45, 7) is 0. The molecule has 0 amide bonds. The van der Waals surface area contributed by atoms with Gasteiger partial charge in [0.1, 0.15) is 0 Å². The van der Waals surface area contributed by atoms with Gasteiger partial charge in [-0.05, 0) is 22.0 Å². The average molecular weight is 270 g/mol. The number of halogens is 4. The van der Waals surface area contributed by atoms with Crippen LogP contribution in [0.15, 0.2) is 22.7 Å². The molecule has 2 nitrogen and oxygen atoms in total. The van der Waals surface area contributed by atoms with Gasteiger partial charge in [0.2, 0.25) is 0 Å². The molecule has 14 heavy (non-hydrogen) atoms. The normalized spacial score (nSPS) is 14.1. The van der Waals surface area contributed by atoms with Gasteiger partial charge in [0.05, 0.1) is 5.69 Å². The molecule has 0 radical (unpaired) electrons. The molecule has 0 spiro atoms. The van der Waals surface area contributed by atoms with Crippen LogP contribution >= 0.6 is 15.9 Å². The van der Waals surface area contributed by atoms with Gasteiger partial charge in [-0.3, -0.25) is 0 Å². The van der Waals surface area contributed by atoms with E-state index in [2.05, 4.69) is 15.9 Å². The van der Waals surface area contributed by atoms with Gasteiger partial charge in [0.25, 0.3) is 0 Å². The number of para-hydroxylation sites is 1. The molecule has 0 saturated heterocycles. The van der Waals surface area contributed by atoms with E-state index in [0.29, 0.717) is 4.47 Å². The number of nitrogen functional groups attached to an aromatic ring is 1. The minimum absolute atomic E-state index is 0.0997. The highest BCUT2D eigenvalue weighted by atomic mass is 79.9. The quantitative estimate of drug-likeness (QED) is 0.770. The fraction of sp³-hybridized carbons (Fsp3) is 0.250. The second-order valence-corrected chi connectivity index (χ2v) is 3.54. The van der Waals surface area contributed by atoms with Crippen molar-refractivity contribution in [2.24, 2.45) is 0 Å². The van der Waals surface area contributed by atoms with Crippen LogP contribution in [0, 0.1) is 0 Å². The third-order valence-electron chi connectivity index (χ3n) is 1.69. The lowest BCUT2D eigenvalue weighted by molar-refractivity contribution is -0.206. The van der Waals surface area contributed by atoms with Gasteiger partial charge in [-0.25, -0.2) is 0 Å². The van der Waals surface area contributed by atoms with Crippen molar-refractivity contribution in [1.29, 1.82) is 0 Å². The molecule has 1 rings (SSSR count). The van der Waals surface area contributed by atoms with E-state index in [9.17, 15) is 13.2 Å². The maximum atomic E-state index is 12.1. The lowest BCUT2D eigenvalue weighted by Gasteiger charge is -2.17. The van der Waals surface area contributed by atoms with Crippen molar-refractivity contribution in [3.63, 3.8) is 0 Å². The Morgan fingerprint density at radius 2 is 1.93 bits per heavy atom. The van der Waals surface area contributed by atoms with Crippen LogP contribution in [0.25, 0.3) is 0 Å². The van der Waals surface area contributed by atoms with Crippen molar-refractivity contribution < 1.29 is 18.3 Å². The predicted octanol–water partition coefficient (Wildman–Crippen LogP) is 2.63. The van der Waals surface area contributed by atoms with Crippen LogP contribution < -0.4 is 5.73 Å². The molecule has 1 aromatic carbocycles. The van der Waals surface area contributed by atoms with E-state index < -0.39 is 12.3 Å². The van der Waals surface area contributed by atoms with E-state index in [0.717, 1.165) is 6.07 Å². The molecule has 1 aromatic rings. The fourth-order valence-electron chi connectivity index (χ4n) is 0.968. The van der Waals surface area contributed by atoms with E-state index in [4.69, 9.17) is 10.8 Å². The summed E-state index contributed by atoms with van der Waals surface area (Å²) in [4.78, 5) is 0. The smallest absolute Gasteiger partial charge is 0.398 e. The summed E-state index contributed by atoms with van der Waals surface area (Å²) in [5, 5.41) is 8.94. The van der Waals surface area contributed by atoms with Gasteiger partial charge in [0, 0.05) is 10.0 Å². The van der Waals surface area contributed by atoms with Gasteiger partial charge in [0.15, 0.2) is 6.10 Å². The fourth-order valence-corrected chi connectivity index (χ4v) is 1.35. The summed E-state index contributed by atoms with van der Waals surface area (Å²) in [6.07, 6.45) is -7.24. The number of benzene rings is 1. The van der Waals surface area contributed by atoms with E-state index in [1.54, 1.807) is 0 Å². The van der Waals surface area contributed by atoms with Crippen LogP contribution in [0.4, 0.5) is 18.9 Å². The number of nitrogens with two attached hydrogens (primary N) is 1. The van der Waals surface area contributed by atoms with Crippen LogP contribution in [0.1, 0.15) is 11.7 Å². The molecular formula is C8H7BrF3NO. The molecule has 1 atom stereocenters. The number of alkyl halides is 3. The second-order valence-electron chi connectivity index (χ2n) is 2.69. The Labute approximate surface area is 86.7 Å². The van der Waals surface area contributed by atoms with Crippen LogP contribution in [0.5, 0.6) is 0 Å². The molecule has 0 fully saturated rings. The highest BCUT2D eigenvalue weighted by molar-refractivity contribution is 9.10. The Kier molecular flexibility index (Phi) is 3.06. The minimum atomic E-state index is -4.70. The van der Waals surface area contributed by atoms with Gasteiger partial charge in [-0.2, -0.15) is 13.2 Å². The molecule has 78 valence electrons. The van der Waals surface area contributed by atoms with Crippen molar-refractivity contribution in [2.75, 3.05) is 5.73 Å². The molecule has 0 aliphatic carbocycles. The van der Waals surface area contributed by atoms with Crippen LogP contribution in [0.3, 0.4) is 0 Å². The Morgan fingerprint density at radius 1 is 1.36 bits per heavy atom. The SMILES string of the molecule is Nc1c(Br)cccc1C(O)C(F)(F)F. The molecule has 0 heterocycles. The maximum absolute atomic E-state index is 12.1. The topological polar surface area (TPSA) is 46.2 Å². The summed E-state index contributed by atoms with van der Waals surface area (Å²) in [7, 11) is 0. The van der Waals surface area contributed by atoms with Gasteiger partial charge in [-0.1, -0.05) is 12.1 Å². The maximum Gasteiger partial charge on any atom is 0.418 e. The molecule has 0 aromatic heterocycles. The first-order valence-corrected chi connectivity index (χ1v) is 4.42. The first kappa shape index (κ1) is 11.3. The molecule has 0 aliphatic rings. The molecular weight excluding hydrogens is 263 g/mol. The number of anilines is 1. The zero-order valence-electron chi connectivity index (χ0n) is 6.85. The molecule has 3 N–H and O–H groups in total. The predicted molar refractivity (Wildman–Crippen MR) is 49.6 cm³/mol. The Balaban J connectivity index is 3.14. The molecule has 6 heteroatoms. The van der Waals surface area contributed by atoms with Gasteiger partial charge in [-0.15, -0.1) is 0 Å². The largest absolute Gasteiger partial charge is 0.418 e. The summed E-state index contributed by atoms with van der Waals surface area (Å²) in [5.74, 6) is 0. The highest BCUT2D eigenvalue weighted by Crippen LogP contribution is 2.37. The van der Waals surface area contributed by atoms with Gasteiger partial charge >= 0.3 is 6.18 Å². The van der Waals surface area contributed by atoms with Crippen LogP contribution in [-0.2, 0) is 0 Å². The van der Waals surface area contributed by atoms with Crippen molar-refractivity contribution in [3.05, 3.63) is 28.2 Å². The molecule has 0 saturated carbocycles. The Hall–Kier alpha value is -0.750. The minimum Gasteiger partial charge on any atom is -0.398 e. The first-order valence-electron chi connectivity index (χ1n) is 3.62. The first-order chi connectivity index (χ1) is 6.34. The van der Waals surface area contributed by atoms with Crippen molar-refractivity contribution in [1.82, 2.24) is 0 Å². The summed E-state index contributed by atoms with van der Waals surface area (Å²) in [6, 6.07) is 4.02. The summed E-state index contributed by atoms with van der Waals surface area (Å²) in [5.41, 5.74) is 4.93. The summed E-state index contributed by atoms with van der Waals surface area (Å²) < 4.78 is 36.7. The number of aliphatic hydroxyl groups excluding tert-OH is 1. The molecule has 1 unspecified atom stereocenters. The summed E-state index contributed by atoms with van der Waals surface area (Å²) >= 11 is 2.98. The van der Waals surface area contributed by atoms with E-state index in [-0.39, 0.29) is 11.3 Å². The lowest BCUT2D eigenvalue weighted by atomic mass is 10.1.